The van der Waals surface area contributed by atoms with E-state index in [4.69, 9.17) is 9.94 Å². The molecule has 0 atom stereocenters. The van der Waals surface area contributed by atoms with Crippen LogP contribution in [0.3, 0.4) is 0 Å². The number of Topliss-reactive ketones (excluding diaryl/α,β-unsaturated/α-hetero) is 1. The molecule has 28 heavy (non-hydrogen) atoms. The van der Waals surface area contributed by atoms with Gasteiger partial charge in [-0.25, -0.2) is 9.59 Å². The summed E-state index contributed by atoms with van der Waals surface area (Å²) in [7, 11) is 0. The Morgan fingerprint density at radius 1 is 0.964 bits per heavy atom. The lowest BCUT2D eigenvalue weighted by atomic mass is 10.1. The van der Waals surface area contributed by atoms with Gasteiger partial charge in [-0.05, 0) is 61.9 Å². The summed E-state index contributed by atoms with van der Waals surface area (Å²) in [5.41, 5.74) is 0.779. The van der Waals surface area contributed by atoms with Crippen LogP contribution in [0.25, 0.3) is 0 Å². The quantitative estimate of drug-likeness (QED) is 0.281. The lowest BCUT2D eigenvalue weighted by molar-refractivity contribution is -0.143. The van der Waals surface area contributed by atoms with Crippen molar-refractivity contribution in [2.24, 2.45) is 5.16 Å². The van der Waals surface area contributed by atoms with Gasteiger partial charge in [0.25, 0.3) is 0 Å². The standard InChI is InChI=1S/C21H21NO5S/c1-3-4-5-19(23)27-22-14(2)20(24)15-6-10-17(11-7-15)28-18-12-8-16(9-13-18)21(25)26/h6-13H,3-5H2,1-2H3,(H,25,26)/b22-14+. The van der Waals surface area contributed by atoms with Crippen LogP contribution >= 0.6 is 11.8 Å². The van der Waals surface area contributed by atoms with E-state index in [9.17, 15) is 14.4 Å². The number of benzene rings is 2. The summed E-state index contributed by atoms with van der Waals surface area (Å²) in [5, 5.41) is 12.6. The van der Waals surface area contributed by atoms with Crippen LogP contribution < -0.4 is 0 Å². The molecule has 0 spiro atoms. The number of carboxylic acids is 1. The van der Waals surface area contributed by atoms with Crippen molar-refractivity contribution >= 4 is 35.2 Å². The Morgan fingerprint density at radius 3 is 2.00 bits per heavy atom. The molecule has 7 heteroatoms. The van der Waals surface area contributed by atoms with Crippen LogP contribution in [0, 0.1) is 0 Å². The Morgan fingerprint density at radius 2 is 1.50 bits per heavy atom. The van der Waals surface area contributed by atoms with Gasteiger partial charge in [0, 0.05) is 21.8 Å². The summed E-state index contributed by atoms with van der Waals surface area (Å²) < 4.78 is 0. The van der Waals surface area contributed by atoms with Crippen molar-refractivity contribution < 1.29 is 24.3 Å². The number of unbranched alkanes of at least 4 members (excludes halogenated alkanes) is 1. The van der Waals surface area contributed by atoms with Gasteiger partial charge in [0.1, 0.15) is 5.71 Å². The predicted octanol–water partition coefficient (Wildman–Crippen LogP) is 4.83. The maximum absolute atomic E-state index is 12.4. The van der Waals surface area contributed by atoms with Gasteiger partial charge in [0.05, 0.1) is 5.56 Å². The van der Waals surface area contributed by atoms with Gasteiger partial charge in [-0.1, -0.05) is 30.3 Å². The van der Waals surface area contributed by atoms with Gasteiger partial charge in [-0.15, -0.1) is 0 Å². The highest BCUT2D eigenvalue weighted by Crippen LogP contribution is 2.28. The maximum Gasteiger partial charge on any atom is 0.335 e. The third kappa shape index (κ3) is 6.35. The second kappa shape index (κ2) is 10.4. The number of nitrogens with zero attached hydrogens (tertiary/aromatic N) is 1. The Bertz CT molecular complexity index is 873. The van der Waals surface area contributed by atoms with E-state index in [1.54, 1.807) is 48.5 Å². The van der Waals surface area contributed by atoms with Gasteiger partial charge in [-0.2, -0.15) is 0 Å². The van der Waals surface area contributed by atoms with E-state index < -0.39 is 11.9 Å². The van der Waals surface area contributed by atoms with E-state index in [1.165, 1.54) is 18.7 Å². The molecule has 1 N–H and O–H groups in total. The van der Waals surface area contributed by atoms with Gasteiger partial charge < -0.3 is 9.94 Å². The zero-order chi connectivity index (χ0) is 20.5. The average Bonchev–Trinajstić information content (AvgIpc) is 2.70. The summed E-state index contributed by atoms with van der Waals surface area (Å²) in [4.78, 5) is 41.3. The lowest BCUT2D eigenvalue weighted by Gasteiger charge is -2.04. The highest BCUT2D eigenvalue weighted by Gasteiger charge is 2.12. The van der Waals surface area contributed by atoms with Crippen molar-refractivity contribution in [3.63, 3.8) is 0 Å². The number of oxime groups is 1. The average molecular weight is 399 g/mol. The first-order valence-corrected chi connectivity index (χ1v) is 9.62. The molecule has 0 aromatic heterocycles. The maximum atomic E-state index is 12.4. The predicted molar refractivity (Wildman–Crippen MR) is 107 cm³/mol. The van der Waals surface area contributed by atoms with Gasteiger partial charge >= 0.3 is 11.9 Å². The summed E-state index contributed by atoms with van der Waals surface area (Å²) in [6.45, 7) is 3.47. The van der Waals surface area contributed by atoms with Crippen LogP contribution in [0.4, 0.5) is 0 Å². The zero-order valence-electron chi connectivity index (χ0n) is 15.7. The summed E-state index contributed by atoms with van der Waals surface area (Å²) in [5.74, 6) is -1.73. The Kier molecular flexibility index (Phi) is 7.95. The summed E-state index contributed by atoms with van der Waals surface area (Å²) in [6, 6.07) is 13.5. The Balaban J connectivity index is 1.98. The summed E-state index contributed by atoms with van der Waals surface area (Å²) >= 11 is 1.45. The molecule has 0 radical (unpaired) electrons. The van der Waals surface area contributed by atoms with Gasteiger partial charge in [0.15, 0.2) is 0 Å². The van der Waals surface area contributed by atoms with Crippen LogP contribution in [0.1, 0.15) is 53.8 Å². The fraction of sp³-hybridized carbons (Fsp3) is 0.238. The van der Waals surface area contributed by atoms with Crippen molar-refractivity contribution in [1.29, 1.82) is 0 Å². The third-order valence-corrected chi connectivity index (χ3v) is 4.82. The number of rotatable bonds is 9. The molecule has 2 aromatic rings. The van der Waals surface area contributed by atoms with Crippen molar-refractivity contribution in [2.75, 3.05) is 0 Å². The molecular formula is C21H21NO5S. The van der Waals surface area contributed by atoms with Gasteiger partial charge in [0.2, 0.25) is 5.78 Å². The first-order valence-electron chi connectivity index (χ1n) is 8.81. The highest BCUT2D eigenvalue weighted by atomic mass is 32.2. The second-order valence-corrected chi connectivity index (χ2v) is 7.18. The molecule has 0 saturated heterocycles. The van der Waals surface area contributed by atoms with Crippen LogP contribution in [-0.4, -0.2) is 28.5 Å². The monoisotopic (exact) mass is 399 g/mol. The van der Waals surface area contributed by atoms with E-state index in [-0.39, 0.29) is 23.5 Å². The summed E-state index contributed by atoms with van der Waals surface area (Å²) in [6.07, 6.45) is 1.88. The first-order chi connectivity index (χ1) is 13.4. The number of hydrogen-bond acceptors (Lipinski definition) is 6. The van der Waals surface area contributed by atoms with Crippen molar-refractivity contribution in [3.8, 4) is 0 Å². The topological polar surface area (TPSA) is 93.0 Å². The van der Waals surface area contributed by atoms with Crippen LogP contribution in [0.5, 0.6) is 0 Å². The molecule has 2 aromatic carbocycles. The third-order valence-electron chi connectivity index (χ3n) is 3.80. The van der Waals surface area contributed by atoms with Crippen LogP contribution in [-0.2, 0) is 9.63 Å². The number of ketones is 1. The molecule has 0 bridgehead atoms. The van der Waals surface area contributed by atoms with E-state index in [2.05, 4.69) is 5.16 Å². The Labute approximate surface area is 167 Å². The minimum Gasteiger partial charge on any atom is -0.478 e. The van der Waals surface area contributed by atoms with E-state index in [0.29, 0.717) is 5.56 Å². The van der Waals surface area contributed by atoms with E-state index in [1.807, 2.05) is 6.92 Å². The molecular weight excluding hydrogens is 378 g/mol. The van der Waals surface area contributed by atoms with Crippen molar-refractivity contribution in [2.45, 2.75) is 42.9 Å². The molecule has 0 aliphatic carbocycles. The van der Waals surface area contributed by atoms with E-state index >= 15 is 0 Å². The lowest BCUT2D eigenvalue weighted by Crippen LogP contribution is -2.12. The fourth-order valence-corrected chi connectivity index (χ4v) is 3.03. The molecule has 0 aliphatic heterocycles. The van der Waals surface area contributed by atoms with Crippen molar-refractivity contribution in [1.82, 2.24) is 0 Å². The molecule has 146 valence electrons. The number of hydrogen-bond donors (Lipinski definition) is 1. The molecule has 0 heterocycles. The molecule has 0 amide bonds. The minimum atomic E-state index is -0.965. The zero-order valence-corrected chi connectivity index (χ0v) is 16.5. The fourth-order valence-electron chi connectivity index (χ4n) is 2.21. The van der Waals surface area contributed by atoms with Gasteiger partial charge in [-0.3, -0.25) is 4.79 Å². The Hall–Kier alpha value is -2.93. The van der Waals surface area contributed by atoms with Crippen molar-refractivity contribution in [3.05, 3.63) is 59.7 Å². The smallest absolute Gasteiger partial charge is 0.335 e. The molecule has 0 unspecified atom stereocenters. The molecule has 0 saturated carbocycles. The largest absolute Gasteiger partial charge is 0.478 e. The SMILES string of the molecule is CCCCC(=O)O/N=C(\C)C(=O)c1ccc(Sc2ccc(C(=O)O)cc2)cc1. The number of carbonyl (C=O) groups is 3. The number of aromatic carboxylic acids is 1. The minimum absolute atomic E-state index is 0.106. The molecule has 0 fully saturated rings. The number of carboxylic acid groups (broad SMARTS) is 1. The molecule has 0 aliphatic rings. The molecule has 2 rings (SSSR count). The van der Waals surface area contributed by atoms with Crippen LogP contribution in [0.2, 0.25) is 0 Å². The molecule has 6 nitrogen and oxygen atoms in total. The van der Waals surface area contributed by atoms with E-state index in [0.717, 1.165) is 22.6 Å². The first kappa shape index (κ1) is 21.4. The second-order valence-electron chi connectivity index (χ2n) is 6.03. The highest BCUT2D eigenvalue weighted by molar-refractivity contribution is 7.99. The normalized spacial score (nSPS) is 11.1. The van der Waals surface area contributed by atoms with Crippen LogP contribution in [0.15, 0.2) is 63.5 Å². The number of carbonyl (C=O) groups excluding carboxylic acids is 2.